The van der Waals surface area contributed by atoms with Gasteiger partial charge in [-0.3, -0.25) is 4.79 Å². The number of rotatable bonds is 4. The van der Waals surface area contributed by atoms with Crippen LogP contribution in [0.5, 0.6) is 0 Å². The second-order valence-corrected chi connectivity index (χ2v) is 5.71. The fourth-order valence-electron chi connectivity index (χ4n) is 2.01. The molecule has 4 heteroatoms. The van der Waals surface area contributed by atoms with Crippen LogP contribution < -0.4 is 0 Å². The lowest BCUT2D eigenvalue weighted by Crippen LogP contribution is -2.42. The molecule has 1 amide bonds. The molecule has 0 aromatic heterocycles. The Bertz CT molecular complexity index is 221. The monoisotopic (exact) mass is 277 g/mol. The second-order valence-electron chi connectivity index (χ2n) is 4.61. The molecule has 1 N–H and O–H groups in total. The van der Waals surface area contributed by atoms with E-state index in [0.717, 1.165) is 25.8 Å². The van der Waals surface area contributed by atoms with E-state index in [-0.39, 0.29) is 23.4 Å². The van der Waals surface area contributed by atoms with Gasteiger partial charge in [0.15, 0.2) is 0 Å². The highest BCUT2D eigenvalue weighted by Crippen LogP contribution is 2.22. The SMILES string of the molecule is CC(C)CC(Br)C(=O)N1CCCC1CO. The van der Waals surface area contributed by atoms with E-state index in [9.17, 15) is 4.79 Å². The average molecular weight is 278 g/mol. The zero-order valence-electron chi connectivity index (χ0n) is 9.45. The minimum Gasteiger partial charge on any atom is -0.394 e. The van der Waals surface area contributed by atoms with Gasteiger partial charge in [-0.1, -0.05) is 29.8 Å². The van der Waals surface area contributed by atoms with Gasteiger partial charge in [-0.15, -0.1) is 0 Å². The van der Waals surface area contributed by atoms with Crippen LogP contribution in [0.1, 0.15) is 33.1 Å². The summed E-state index contributed by atoms with van der Waals surface area (Å²) in [6.45, 7) is 5.10. The predicted octanol–water partition coefficient (Wildman–Crippen LogP) is 1.78. The van der Waals surface area contributed by atoms with E-state index in [4.69, 9.17) is 5.11 Å². The predicted molar refractivity (Wildman–Crippen MR) is 64.0 cm³/mol. The van der Waals surface area contributed by atoms with Gasteiger partial charge in [0.25, 0.3) is 0 Å². The third-order valence-corrected chi connectivity index (χ3v) is 3.58. The van der Waals surface area contributed by atoms with Crippen molar-refractivity contribution in [3.8, 4) is 0 Å². The van der Waals surface area contributed by atoms with Crippen molar-refractivity contribution < 1.29 is 9.90 Å². The Morgan fingerprint density at radius 3 is 2.80 bits per heavy atom. The summed E-state index contributed by atoms with van der Waals surface area (Å²) in [6, 6.07) is 0.0460. The molecule has 0 aliphatic carbocycles. The molecule has 1 fully saturated rings. The van der Waals surface area contributed by atoms with Crippen LogP contribution >= 0.6 is 15.9 Å². The summed E-state index contributed by atoms with van der Waals surface area (Å²) in [5.41, 5.74) is 0. The van der Waals surface area contributed by atoms with Gasteiger partial charge < -0.3 is 10.0 Å². The Balaban J connectivity index is 2.51. The van der Waals surface area contributed by atoms with Gasteiger partial charge in [-0.25, -0.2) is 0 Å². The van der Waals surface area contributed by atoms with Crippen LogP contribution in [0.15, 0.2) is 0 Å². The number of carbonyl (C=O) groups excluding carboxylic acids is 1. The lowest BCUT2D eigenvalue weighted by atomic mass is 10.1. The maximum absolute atomic E-state index is 12.0. The summed E-state index contributed by atoms with van der Waals surface area (Å²) in [7, 11) is 0. The molecular formula is C11H20BrNO2. The molecule has 2 atom stereocenters. The zero-order chi connectivity index (χ0) is 11.4. The number of hydrogen-bond donors (Lipinski definition) is 1. The van der Waals surface area contributed by atoms with E-state index in [0.29, 0.717) is 5.92 Å². The summed E-state index contributed by atoms with van der Waals surface area (Å²) < 4.78 is 0. The fourth-order valence-corrected chi connectivity index (χ4v) is 3.02. The van der Waals surface area contributed by atoms with Crippen molar-refractivity contribution in [1.29, 1.82) is 0 Å². The molecule has 3 nitrogen and oxygen atoms in total. The molecule has 2 unspecified atom stereocenters. The van der Waals surface area contributed by atoms with Crippen LogP contribution in [0, 0.1) is 5.92 Å². The largest absolute Gasteiger partial charge is 0.394 e. The molecular weight excluding hydrogens is 258 g/mol. The second kappa shape index (κ2) is 5.85. The number of nitrogens with zero attached hydrogens (tertiary/aromatic N) is 1. The van der Waals surface area contributed by atoms with Gasteiger partial charge in [0, 0.05) is 6.54 Å². The van der Waals surface area contributed by atoms with E-state index in [1.807, 2.05) is 4.90 Å². The average Bonchev–Trinajstić information content (AvgIpc) is 2.62. The molecule has 0 saturated carbocycles. The van der Waals surface area contributed by atoms with Crippen molar-refractivity contribution in [2.24, 2.45) is 5.92 Å². The molecule has 88 valence electrons. The molecule has 1 aliphatic rings. The summed E-state index contributed by atoms with van der Waals surface area (Å²) >= 11 is 3.44. The van der Waals surface area contributed by atoms with Gasteiger partial charge in [0.05, 0.1) is 17.5 Å². The summed E-state index contributed by atoms with van der Waals surface area (Å²) in [5.74, 6) is 0.647. The molecule has 1 aliphatic heterocycles. The molecule has 0 aromatic carbocycles. The summed E-state index contributed by atoms with van der Waals surface area (Å²) in [4.78, 5) is 13.7. The van der Waals surface area contributed by atoms with Crippen molar-refractivity contribution in [3.63, 3.8) is 0 Å². The number of aliphatic hydroxyl groups excluding tert-OH is 1. The number of alkyl halides is 1. The minimum atomic E-state index is -0.0929. The first kappa shape index (κ1) is 13.0. The van der Waals surface area contributed by atoms with Crippen LogP contribution in [0.3, 0.4) is 0 Å². The van der Waals surface area contributed by atoms with Crippen LogP contribution in [0.25, 0.3) is 0 Å². The molecule has 0 bridgehead atoms. The molecule has 1 saturated heterocycles. The Labute approximate surface area is 100.0 Å². The Kier molecular flexibility index (Phi) is 5.06. The molecule has 15 heavy (non-hydrogen) atoms. The van der Waals surface area contributed by atoms with E-state index < -0.39 is 0 Å². The quantitative estimate of drug-likeness (QED) is 0.796. The van der Waals surface area contributed by atoms with Gasteiger partial charge in [0.1, 0.15) is 0 Å². The smallest absolute Gasteiger partial charge is 0.236 e. The van der Waals surface area contributed by atoms with Crippen molar-refractivity contribution >= 4 is 21.8 Å². The van der Waals surface area contributed by atoms with Crippen molar-refractivity contribution in [2.45, 2.75) is 44.0 Å². The standard InChI is InChI=1S/C11H20BrNO2/c1-8(2)6-10(12)11(15)13-5-3-4-9(13)7-14/h8-10,14H,3-7H2,1-2H3. The van der Waals surface area contributed by atoms with Gasteiger partial charge in [0.2, 0.25) is 5.91 Å². The number of carbonyl (C=O) groups is 1. The summed E-state index contributed by atoms with van der Waals surface area (Å²) in [5, 5.41) is 9.14. The maximum atomic E-state index is 12.0. The number of aliphatic hydroxyl groups is 1. The highest BCUT2D eigenvalue weighted by Gasteiger charge is 2.31. The molecule has 1 heterocycles. The highest BCUT2D eigenvalue weighted by atomic mass is 79.9. The maximum Gasteiger partial charge on any atom is 0.236 e. The first-order valence-corrected chi connectivity index (χ1v) is 6.53. The fraction of sp³-hybridized carbons (Fsp3) is 0.909. The Hall–Kier alpha value is -0.0900. The van der Waals surface area contributed by atoms with Crippen LogP contribution in [0.4, 0.5) is 0 Å². The van der Waals surface area contributed by atoms with Crippen molar-refractivity contribution in [2.75, 3.05) is 13.2 Å². The molecule has 0 aromatic rings. The number of hydrogen-bond acceptors (Lipinski definition) is 2. The Morgan fingerprint density at radius 2 is 2.27 bits per heavy atom. The number of likely N-dealkylation sites (tertiary alicyclic amines) is 1. The van der Waals surface area contributed by atoms with Crippen molar-refractivity contribution in [1.82, 2.24) is 4.90 Å². The normalized spacial score (nSPS) is 23.5. The van der Waals surface area contributed by atoms with Gasteiger partial charge in [-0.05, 0) is 25.2 Å². The van der Waals surface area contributed by atoms with E-state index >= 15 is 0 Å². The summed E-state index contributed by atoms with van der Waals surface area (Å²) in [6.07, 6.45) is 2.80. The lowest BCUT2D eigenvalue weighted by molar-refractivity contribution is -0.132. The van der Waals surface area contributed by atoms with E-state index in [1.54, 1.807) is 0 Å². The van der Waals surface area contributed by atoms with Gasteiger partial charge >= 0.3 is 0 Å². The first-order valence-electron chi connectivity index (χ1n) is 5.61. The van der Waals surface area contributed by atoms with Crippen LogP contribution in [0.2, 0.25) is 0 Å². The highest BCUT2D eigenvalue weighted by molar-refractivity contribution is 9.10. The third-order valence-electron chi connectivity index (χ3n) is 2.82. The minimum absolute atomic E-state index is 0.0460. The number of amides is 1. The lowest BCUT2D eigenvalue weighted by Gasteiger charge is -2.26. The zero-order valence-corrected chi connectivity index (χ0v) is 11.0. The Morgan fingerprint density at radius 1 is 1.60 bits per heavy atom. The van der Waals surface area contributed by atoms with Crippen LogP contribution in [-0.4, -0.2) is 39.9 Å². The van der Waals surface area contributed by atoms with Crippen molar-refractivity contribution in [3.05, 3.63) is 0 Å². The number of halogens is 1. The van der Waals surface area contributed by atoms with E-state index in [2.05, 4.69) is 29.8 Å². The van der Waals surface area contributed by atoms with E-state index in [1.165, 1.54) is 0 Å². The molecule has 0 spiro atoms. The van der Waals surface area contributed by atoms with Gasteiger partial charge in [-0.2, -0.15) is 0 Å². The van der Waals surface area contributed by atoms with Crippen LogP contribution in [-0.2, 0) is 4.79 Å². The first-order chi connectivity index (χ1) is 7.06. The molecule has 1 rings (SSSR count). The molecule has 0 radical (unpaired) electrons. The third kappa shape index (κ3) is 3.45. The topological polar surface area (TPSA) is 40.5 Å².